The third-order valence-corrected chi connectivity index (χ3v) is 9.47. The van der Waals surface area contributed by atoms with E-state index < -0.39 is 0 Å². The summed E-state index contributed by atoms with van der Waals surface area (Å²) >= 11 is 14.1. The van der Waals surface area contributed by atoms with Crippen molar-refractivity contribution in [2.45, 2.75) is 44.5 Å². The van der Waals surface area contributed by atoms with Crippen LogP contribution in [0.25, 0.3) is 33.3 Å². The number of likely N-dealkylation sites (tertiary alicyclic amines) is 1. The van der Waals surface area contributed by atoms with Crippen LogP contribution in [0.5, 0.6) is 0 Å². The summed E-state index contributed by atoms with van der Waals surface area (Å²) in [6.45, 7) is 3.82. The van der Waals surface area contributed by atoms with Crippen molar-refractivity contribution in [3.05, 3.63) is 88.3 Å². The highest BCUT2D eigenvalue weighted by Crippen LogP contribution is 2.42. The van der Waals surface area contributed by atoms with Crippen LogP contribution >= 0.6 is 23.2 Å². The van der Waals surface area contributed by atoms with Gasteiger partial charge in [-0.2, -0.15) is 5.10 Å². The molecule has 7 rings (SSSR count). The Labute approximate surface area is 271 Å². The van der Waals surface area contributed by atoms with Crippen molar-refractivity contribution >= 4 is 45.6 Å². The molecule has 0 radical (unpaired) electrons. The molecule has 1 unspecified atom stereocenters. The molecule has 0 aliphatic carbocycles. The quantitative estimate of drug-likeness (QED) is 0.150. The molecule has 0 spiro atoms. The highest BCUT2D eigenvalue weighted by molar-refractivity contribution is 6.39. The largest absolute Gasteiger partial charge is 0.395 e. The van der Waals surface area contributed by atoms with Gasteiger partial charge in [-0.3, -0.25) is 14.6 Å². The molecule has 11 heteroatoms. The first-order valence-electron chi connectivity index (χ1n) is 15.4. The van der Waals surface area contributed by atoms with Crippen molar-refractivity contribution in [3.63, 3.8) is 0 Å². The maximum atomic E-state index is 9.88. The zero-order valence-electron chi connectivity index (χ0n) is 24.8. The zero-order chi connectivity index (χ0) is 30.9. The molecule has 5 heterocycles. The number of aliphatic hydroxyl groups is 2. The van der Waals surface area contributed by atoms with Gasteiger partial charge in [-0.15, -0.1) is 0 Å². The summed E-state index contributed by atoms with van der Waals surface area (Å²) in [6, 6.07) is 18.1. The van der Waals surface area contributed by atoms with Gasteiger partial charge >= 0.3 is 0 Å². The molecular weight excluding hydrogens is 609 g/mol. The fourth-order valence-corrected chi connectivity index (χ4v) is 7.06. The molecule has 2 aliphatic rings. The van der Waals surface area contributed by atoms with E-state index in [1.54, 1.807) is 6.20 Å². The van der Waals surface area contributed by atoms with Crippen LogP contribution < -0.4 is 10.6 Å². The van der Waals surface area contributed by atoms with Crippen LogP contribution in [0.1, 0.15) is 36.6 Å². The predicted molar refractivity (Wildman–Crippen MR) is 179 cm³/mol. The minimum absolute atomic E-state index is 0.0966. The zero-order valence-corrected chi connectivity index (χ0v) is 26.3. The number of hydrogen-bond acceptors (Lipinski definition) is 8. The molecule has 232 valence electrons. The molecule has 0 bridgehead atoms. The number of nitrogens with one attached hydrogen (secondary N) is 2. The number of β-amino-alcohol motifs (C(OH)–C–C–N with tert-alkyl or cyclic N) is 1. The van der Waals surface area contributed by atoms with Crippen molar-refractivity contribution in [2.75, 3.05) is 31.6 Å². The van der Waals surface area contributed by atoms with Gasteiger partial charge in [-0.25, -0.2) is 4.98 Å². The highest BCUT2D eigenvalue weighted by atomic mass is 35.5. The Morgan fingerprint density at radius 3 is 2.58 bits per heavy atom. The molecule has 45 heavy (non-hydrogen) atoms. The maximum absolute atomic E-state index is 9.88. The lowest BCUT2D eigenvalue weighted by molar-refractivity contribution is 0.175. The first-order valence-corrected chi connectivity index (χ1v) is 16.1. The number of benzene rings is 2. The van der Waals surface area contributed by atoms with Crippen LogP contribution in [0.3, 0.4) is 0 Å². The standard InChI is InChI=1S/C34H35Cl2N7O2/c35-31-24(4-1-6-26(31)29-17-30-27(37-12-15-44)8-3-13-43(30)41-29)25-5-2-7-28(32(25)36)40-34-33-22(9-11-38-34)16-21(18-39-33)19-42-14-10-23(45)20-42/h1-2,4-7,9,11,16-18,23,27,37,44-45H,3,8,10,12-15,19-20H2,(H,38,40)/t23-,27?/m1/s1. The summed E-state index contributed by atoms with van der Waals surface area (Å²) in [5.74, 6) is 0.613. The Balaban J connectivity index is 1.17. The number of halogens is 2. The van der Waals surface area contributed by atoms with Crippen molar-refractivity contribution in [1.29, 1.82) is 0 Å². The van der Waals surface area contributed by atoms with E-state index in [-0.39, 0.29) is 18.8 Å². The third-order valence-electron chi connectivity index (χ3n) is 8.66. The van der Waals surface area contributed by atoms with E-state index in [0.717, 1.165) is 83.4 Å². The van der Waals surface area contributed by atoms with Crippen LogP contribution in [0.4, 0.5) is 11.5 Å². The second-order valence-electron chi connectivity index (χ2n) is 11.8. The van der Waals surface area contributed by atoms with E-state index in [0.29, 0.717) is 34.6 Å². The third kappa shape index (κ3) is 6.16. The van der Waals surface area contributed by atoms with Gasteiger partial charge in [0, 0.05) is 73.2 Å². The van der Waals surface area contributed by atoms with Gasteiger partial charge in [0.05, 0.1) is 39.8 Å². The van der Waals surface area contributed by atoms with Crippen LogP contribution in [-0.2, 0) is 13.1 Å². The maximum Gasteiger partial charge on any atom is 0.156 e. The van der Waals surface area contributed by atoms with Crippen molar-refractivity contribution in [2.24, 2.45) is 0 Å². The van der Waals surface area contributed by atoms with E-state index in [2.05, 4.69) is 32.7 Å². The minimum atomic E-state index is -0.250. The Morgan fingerprint density at radius 1 is 0.933 bits per heavy atom. The molecule has 1 fully saturated rings. The summed E-state index contributed by atoms with van der Waals surface area (Å²) in [6.07, 6.45) is 6.22. The number of rotatable bonds is 9. The summed E-state index contributed by atoms with van der Waals surface area (Å²) in [5, 5.41) is 33.0. The Kier molecular flexibility index (Phi) is 8.72. The first kappa shape index (κ1) is 30.1. The normalized spacial score (nSPS) is 18.4. The number of hydrogen-bond donors (Lipinski definition) is 4. The molecule has 1 saturated heterocycles. The summed E-state index contributed by atoms with van der Waals surface area (Å²) in [7, 11) is 0. The lowest BCUT2D eigenvalue weighted by atomic mass is 9.99. The van der Waals surface area contributed by atoms with Crippen LogP contribution in [0.2, 0.25) is 10.0 Å². The summed E-state index contributed by atoms with van der Waals surface area (Å²) < 4.78 is 2.04. The van der Waals surface area contributed by atoms with Gasteiger partial charge in [0.2, 0.25) is 0 Å². The van der Waals surface area contributed by atoms with Crippen LogP contribution in [-0.4, -0.2) is 67.2 Å². The Bertz CT molecular complexity index is 1850. The molecule has 3 aromatic heterocycles. The van der Waals surface area contributed by atoms with Crippen LogP contribution in [0.15, 0.2) is 67.0 Å². The lowest BCUT2D eigenvalue weighted by Crippen LogP contribution is -2.29. The fraction of sp³-hybridized carbons (Fsp3) is 0.324. The lowest BCUT2D eigenvalue weighted by Gasteiger charge is -2.24. The highest BCUT2D eigenvalue weighted by Gasteiger charge is 2.24. The Hall–Kier alpha value is -3.57. The number of fused-ring (bicyclic) bond motifs is 2. The molecular formula is C34H35Cl2N7O2. The van der Waals surface area contributed by atoms with E-state index in [9.17, 15) is 10.2 Å². The van der Waals surface area contributed by atoms with Gasteiger partial charge in [0.25, 0.3) is 0 Å². The van der Waals surface area contributed by atoms with Gasteiger partial charge in [0.1, 0.15) is 5.52 Å². The van der Waals surface area contributed by atoms with E-state index in [4.69, 9.17) is 33.3 Å². The van der Waals surface area contributed by atoms with Crippen molar-refractivity contribution in [3.8, 4) is 22.4 Å². The molecule has 0 amide bonds. The van der Waals surface area contributed by atoms with Crippen molar-refractivity contribution < 1.29 is 10.2 Å². The molecule has 4 N–H and O–H groups in total. The van der Waals surface area contributed by atoms with Gasteiger partial charge in [-0.1, -0.05) is 53.5 Å². The van der Waals surface area contributed by atoms with E-state index in [1.165, 1.54) is 0 Å². The number of nitrogens with zero attached hydrogens (tertiary/aromatic N) is 5. The number of pyridine rings is 2. The summed E-state index contributed by atoms with van der Waals surface area (Å²) in [4.78, 5) is 11.6. The molecule has 2 atom stereocenters. The average Bonchev–Trinajstić information content (AvgIpc) is 3.67. The van der Waals surface area contributed by atoms with Crippen molar-refractivity contribution in [1.82, 2.24) is 30.0 Å². The van der Waals surface area contributed by atoms with Gasteiger partial charge in [-0.05, 0) is 49.1 Å². The first-order chi connectivity index (χ1) is 22.0. The van der Waals surface area contributed by atoms with Gasteiger partial charge < -0.3 is 20.8 Å². The monoisotopic (exact) mass is 643 g/mol. The molecule has 5 aromatic rings. The van der Waals surface area contributed by atoms with Crippen LogP contribution in [0, 0.1) is 0 Å². The minimum Gasteiger partial charge on any atom is -0.395 e. The smallest absolute Gasteiger partial charge is 0.156 e. The molecule has 2 aliphatic heterocycles. The number of aromatic nitrogens is 4. The Morgan fingerprint density at radius 2 is 1.76 bits per heavy atom. The van der Waals surface area contributed by atoms with Gasteiger partial charge in [0.15, 0.2) is 5.82 Å². The topological polar surface area (TPSA) is 111 Å². The number of aliphatic hydroxyl groups excluding tert-OH is 2. The molecule has 9 nitrogen and oxygen atoms in total. The second kappa shape index (κ2) is 13.0. The second-order valence-corrected chi connectivity index (χ2v) is 12.5. The summed E-state index contributed by atoms with van der Waals surface area (Å²) in [5.41, 5.74) is 6.90. The molecule has 0 saturated carbocycles. The molecule has 2 aromatic carbocycles. The number of anilines is 2. The van der Waals surface area contributed by atoms with E-state index >= 15 is 0 Å². The van der Waals surface area contributed by atoms with E-state index in [1.807, 2.05) is 53.3 Å². The SMILES string of the molecule is OCCNC1CCCn2nc(-c3cccc(-c4cccc(Nc5nccc6cc(CN7CC[C@@H](O)C7)cnc56)c4Cl)c3Cl)cc21. The fourth-order valence-electron chi connectivity index (χ4n) is 6.46. The predicted octanol–water partition coefficient (Wildman–Crippen LogP) is 6.19. The number of aryl methyl sites for hydroxylation is 1. The average molecular weight is 645 g/mol.